The minimum absolute atomic E-state index is 0. The van der Waals surface area contributed by atoms with Crippen molar-refractivity contribution in [1.82, 2.24) is 10.2 Å². The zero-order chi connectivity index (χ0) is 12.4. The van der Waals surface area contributed by atoms with Gasteiger partial charge in [0.1, 0.15) is 0 Å². The molecular weight excluding hydrogens is 248 g/mol. The number of nitrogens with zero attached hydrogens (tertiary/aromatic N) is 1. The number of hydrogen-bond acceptors (Lipinski definition) is 2. The number of piperazine rings is 1. The highest BCUT2D eigenvalue weighted by atomic mass is 35.5. The van der Waals surface area contributed by atoms with Crippen LogP contribution in [0.2, 0.25) is 0 Å². The van der Waals surface area contributed by atoms with E-state index in [1.807, 2.05) is 0 Å². The Kier molecular flexibility index (Phi) is 5.93. The van der Waals surface area contributed by atoms with E-state index in [0.29, 0.717) is 23.9 Å². The van der Waals surface area contributed by atoms with Crippen molar-refractivity contribution in [3.05, 3.63) is 0 Å². The van der Waals surface area contributed by atoms with Crippen LogP contribution in [-0.2, 0) is 4.79 Å². The van der Waals surface area contributed by atoms with Crippen LogP contribution in [0.5, 0.6) is 0 Å². The van der Waals surface area contributed by atoms with E-state index in [-0.39, 0.29) is 12.4 Å². The summed E-state index contributed by atoms with van der Waals surface area (Å²) in [5.41, 5.74) is 0. The monoisotopic (exact) mass is 274 g/mol. The van der Waals surface area contributed by atoms with Crippen molar-refractivity contribution < 1.29 is 4.79 Å². The lowest BCUT2D eigenvalue weighted by Gasteiger charge is -2.39. The number of carbonyl (C=O) groups is 1. The zero-order valence-electron chi connectivity index (χ0n) is 11.8. The van der Waals surface area contributed by atoms with E-state index in [9.17, 15) is 4.79 Å². The highest BCUT2D eigenvalue weighted by Gasteiger charge is 2.31. The Balaban J connectivity index is 0.00000162. The van der Waals surface area contributed by atoms with Gasteiger partial charge in [-0.15, -0.1) is 12.4 Å². The molecular formula is C14H27ClN2O. The summed E-state index contributed by atoms with van der Waals surface area (Å²) in [5, 5.41) is 3.42. The van der Waals surface area contributed by atoms with Crippen molar-refractivity contribution in [2.75, 3.05) is 13.1 Å². The molecule has 1 amide bonds. The van der Waals surface area contributed by atoms with Crippen molar-refractivity contribution in [1.29, 1.82) is 0 Å². The highest BCUT2D eigenvalue weighted by molar-refractivity contribution is 5.85. The SMILES string of the molecule is CC1CCC(CC(=O)N2CCNC(C)C2C)C1.Cl. The lowest BCUT2D eigenvalue weighted by atomic mass is 9.99. The average molecular weight is 275 g/mol. The molecule has 1 saturated carbocycles. The molecule has 0 bridgehead atoms. The summed E-state index contributed by atoms with van der Waals surface area (Å²) in [5.74, 6) is 1.85. The zero-order valence-corrected chi connectivity index (χ0v) is 12.6. The molecule has 3 nitrogen and oxygen atoms in total. The number of hydrogen-bond donors (Lipinski definition) is 1. The second kappa shape index (κ2) is 6.76. The molecule has 4 heteroatoms. The molecule has 0 radical (unpaired) electrons. The van der Waals surface area contributed by atoms with Crippen molar-refractivity contribution >= 4 is 18.3 Å². The fourth-order valence-corrected chi connectivity index (χ4v) is 3.28. The molecule has 1 heterocycles. The summed E-state index contributed by atoms with van der Waals surface area (Å²) < 4.78 is 0. The van der Waals surface area contributed by atoms with E-state index in [2.05, 4.69) is 31.0 Å². The van der Waals surface area contributed by atoms with Gasteiger partial charge in [0.05, 0.1) is 0 Å². The molecule has 0 aromatic carbocycles. The number of rotatable bonds is 2. The second-order valence-electron chi connectivity index (χ2n) is 6.06. The van der Waals surface area contributed by atoms with Gasteiger partial charge in [0, 0.05) is 31.6 Å². The number of halogens is 1. The third-order valence-electron chi connectivity index (χ3n) is 4.62. The normalized spacial score (nSPS) is 36.3. The van der Waals surface area contributed by atoms with Gasteiger partial charge in [-0.2, -0.15) is 0 Å². The third-order valence-corrected chi connectivity index (χ3v) is 4.62. The van der Waals surface area contributed by atoms with Gasteiger partial charge in [-0.25, -0.2) is 0 Å². The molecule has 2 rings (SSSR count). The number of nitrogens with one attached hydrogen (secondary N) is 1. The molecule has 1 aliphatic heterocycles. The Morgan fingerprint density at radius 3 is 2.61 bits per heavy atom. The van der Waals surface area contributed by atoms with E-state index < -0.39 is 0 Å². The molecule has 0 aromatic heterocycles. The largest absolute Gasteiger partial charge is 0.337 e. The van der Waals surface area contributed by atoms with Crippen molar-refractivity contribution in [3.63, 3.8) is 0 Å². The van der Waals surface area contributed by atoms with E-state index in [1.165, 1.54) is 19.3 Å². The standard InChI is InChI=1S/C14H26N2O.ClH/c1-10-4-5-13(8-10)9-14(17)16-7-6-15-11(2)12(16)3;/h10-13,15H,4-9H2,1-3H3;1H. The Bertz CT molecular complexity index is 285. The maximum Gasteiger partial charge on any atom is 0.223 e. The molecule has 0 aromatic rings. The van der Waals surface area contributed by atoms with Gasteiger partial charge in [0.15, 0.2) is 0 Å². The smallest absolute Gasteiger partial charge is 0.223 e. The van der Waals surface area contributed by atoms with Crippen molar-refractivity contribution in [2.45, 2.75) is 58.5 Å². The van der Waals surface area contributed by atoms with Crippen LogP contribution in [0.1, 0.15) is 46.5 Å². The number of amides is 1. The first-order valence-electron chi connectivity index (χ1n) is 7.10. The number of carbonyl (C=O) groups excluding carboxylic acids is 1. The summed E-state index contributed by atoms with van der Waals surface area (Å²) in [6.07, 6.45) is 4.59. The maximum atomic E-state index is 12.3. The Hall–Kier alpha value is -0.280. The maximum absolute atomic E-state index is 12.3. The molecule has 4 unspecified atom stereocenters. The van der Waals surface area contributed by atoms with Gasteiger partial charge in [-0.3, -0.25) is 4.79 Å². The summed E-state index contributed by atoms with van der Waals surface area (Å²) in [4.78, 5) is 14.4. The van der Waals surface area contributed by atoms with Gasteiger partial charge in [0.25, 0.3) is 0 Å². The molecule has 4 atom stereocenters. The van der Waals surface area contributed by atoms with Crippen LogP contribution in [0.25, 0.3) is 0 Å². The van der Waals surface area contributed by atoms with Gasteiger partial charge >= 0.3 is 0 Å². The first kappa shape index (κ1) is 15.8. The highest BCUT2D eigenvalue weighted by Crippen LogP contribution is 2.33. The Morgan fingerprint density at radius 1 is 1.28 bits per heavy atom. The molecule has 1 aliphatic carbocycles. The summed E-state index contributed by atoms with van der Waals surface area (Å²) in [6, 6.07) is 0.769. The lowest BCUT2D eigenvalue weighted by molar-refractivity contribution is -0.135. The fourth-order valence-electron chi connectivity index (χ4n) is 3.28. The van der Waals surface area contributed by atoms with Crippen LogP contribution < -0.4 is 5.32 Å². The molecule has 18 heavy (non-hydrogen) atoms. The van der Waals surface area contributed by atoms with Crippen molar-refractivity contribution in [2.24, 2.45) is 11.8 Å². The van der Waals surface area contributed by atoms with E-state index in [0.717, 1.165) is 25.4 Å². The minimum Gasteiger partial charge on any atom is -0.337 e. The quantitative estimate of drug-likeness (QED) is 0.839. The summed E-state index contributed by atoms with van der Waals surface area (Å²) in [7, 11) is 0. The van der Waals surface area contributed by atoms with Gasteiger partial charge < -0.3 is 10.2 Å². The topological polar surface area (TPSA) is 32.3 Å². The minimum atomic E-state index is 0. The molecule has 1 N–H and O–H groups in total. The van der Waals surface area contributed by atoms with E-state index in [4.69, 9.17) is 0 Å². The second-order valence-corrected chi connectivity index (χ2v) is 6.06. The first-order valence-corrected chi connectivity index (χ1v) is 7.10. The fraction of sp³-hybridized carbons (Fsp3) is 0.929. The molecule has 1 saturated heterocycles. The van der Waals surface area contributed by atoms with Crippen molar-refractivity contribution in [3.8, 4) is 0 Å². The Morgan fingerprint density at radius 2 is 2.00 bits per heavy atom. The third kappa shape index (κ3) is 3.61. The summed E-state index contributed by atoms with van der Waals surface area (Å²) in [6.45, 7) is 8.46. The molecule has 0 spiro atoms. The van der Waals surface area contributed by atoms with E-state index >= 15 is 0 Å². The molecule has 106 valence electrons. The first-order chi connectivity index (χ1) is 8.08. The van der Waals surface area contributed by atoms with Crippen LogP contribution in [-0.4, -0.2) is 36.0 Å². The van der Waals surface area contributed by atoms with Crippen LogP contribution >= 0.6 is 12.4 Å². The van der Waals surface area contributed by atoms with Crippen LogP contribution in [0, 0.1) is 11.8 Å². The lowest BCUT2D eigenvalue weighted by Crippen LogP contribution is -2.57. The van der Waals surface area contributed by atoms with Crippen LogP contribution in [0.15, 0.2) is 0 Å². The predicted molar refractivity (Wildman–Crippen MR) is 77.0 cm³/mol. The molecule has 2 fully saturated rings. The van der Waals surface area contributed by atoms with E-state index in [1.54, 1.807) is 0 Å². The summed E-state index contributed by atoms with van der Waals surface area (Å²) >= 11 is 0. The molecule has 2 aliphatic rings. The Labute approximate surface area is 117 Å². The van der Waals surface area contributed by atoms with Crippen LogP contribution in [0.4, 0.5) is 0 Å². The van der Waals surface area contributed by atoms with Crippen LogP contribution in [0.3, 0.4) is 0 Å². The van der Waals surface area contributed by atoms with Gasteiger partial charge in [-0.1, -0.05) is 13.3 Å². The predicted octanol–water partition coefficient (Wildman–Crippen LogP) is 2.44. The van der Waals surface area contributed by atoms with Gasteiger partial charge in [0.2, 0.25) is 5.91 Å². The average Bonchev–Trinajstić information content (AvgIpc) is 2.68. The van der Waals surface area contributed by atoms with Gasteiger partial charge in [-0.05, 0) is 38.5 Å².